The van der Waals surface area contributed by atoms with Crippen LogP contribution in [0.1, 0.15) is 133 Å². The third kappa shape index (κ3) is 16.5. The summed E-state index contributed by atoms with van der Waals surface area (Å²) in [6.45, 7) is 18.5. The minimum atomic E-state index is -1.74. The lowest BCUT2D eigenvalue weighted by Gasteiger charge is -2.36. The number of rotatable bonds is 14. The second kappa shape index (κ2) is 28.6. The quantitative estimate of drug-likeness (QED) is 0.132. The van der Waals surface area contributed by atoms with Crippen molar-refractivity contribution in [2.75, 3.05) is 27.2 Å². The van der Waals surface area contributed by atoms with Gasteiger partial charge in [0.05, 0.1) is 24.5 Å². The highest BCUT2D eigenvalue weighted by Crippen LogP contribution is 2.27. The maximum Gasteiger partial charge on any atom is 0.329 e. The Labute approximate surface area is 454 Å². The second-order valence-electron chi connectivity index (χ2n) is 22.6. The largest absolute Gasteiger partial charge is 0.458 e. The molecule has 4 rings (SSSR count). The van der Waals surface area contributed by atoms with Gasteiger partial charge in [0.2, 0.25) is 35.4 Å². The number of cyclic esters (lactones) is 2. The molecule has 3 aliphatic heterocycles. The van der Waals surface area contributed by atoms with E-state index in [2.05, 4.69) is 16.0 Å². The number of nitrogens with one attached hydrogen (secondary N) is 3. The Kier molecular flexibility index (Phi) is 23.6. The summed E-state index contributed by atoms with van der Waals surface area (Å²) < 4.78 is 11.9. The maximum absolute atomic E-state index is 15.0. The smallest absolute Gasteiger partial charge is 0.329 e. The summed E-state index contributed by atoms with van der Waals surface area (Å²) in [4.78, 5) is 148. The lowest BCUT2D eigenvalue weighted by Crippen LogP contribution is -2.62. The van der Waals surface area contributed by atoms with Crippen molar-refractivity contribution in [3.05, 3.63) is 35.9 Å². The van der Waals surface area contributed by atoms with Gasteiger partial charge in [0.15, 0.2) is 11.9 Å². The van der Waals surface area contributed by atoms with Gasteiger partial charge in [-0.25, -0.2) is 4.79 Å². The van der Waals surface area contributed by atoms with Crippen molar-refractivity contribution in [2.45, 2.75) is 201 Å². The fourth-order valence-electron chi connectivity index (χ4n) is 10.4. The highest BCUT2D eigenvalue weighted by atomic mass is 16.6. The zero-order valence-electron chi connectivity index (χ0n) is 47.5. The van der Waals surface area contributed by atoms with Crippen LogP contribution in [-0.2, 0) is 63.8 Å². The summed E-state index contributed by atoms with van der Waals surface area (Å²) in [6.07, 6.45) is -4.82. The van der Waals surface area contributed by atoms with Crippen molar-refractivity contribution >= 4 is 59.1 Å². The minimum absolute atomic E-state index is 0.0780. The molecule has 21 nitrogen and oxygen atoms in total. The van der Waals surface area contributed by atoms with Gasteiger partial charge in [0.1, 0.15) is 48.5 Å². The van der Waals surface area contributed by atoms with Crippen LogP contribution in [0.25, 0.3) is 0 Å². The molecular formula is C56H87N7O14. The van der Waals surface area contributed by atoms with Crippen molar-refractivity contribution in [3.8, 4) is 0 Å². The lowest BCUT2D eigenvalue weighted by atomic mass is 9.91. The lowest BCUT2D eigenvalue weighted by molar-refractivity contribution is -0.163. The Morgan fingerprint density at radius 3 is 2.06 bits per heavy atom. The number of amides is 7. The van der Waals surface area contributed by atoms with Gasteiger partial charge in [-0.05, 0) is 88.5 Å². The van der Waals surface area contributed by atoms with E-state index in [9.17, 15) is 58.2 Å². The molecule has 3 aliphatic rings. The highest BCUT2D eigenvalue weighted by molar-refractivity contribution is 6.05. The predicted molar refractivity (Wildman–Crippen MR) is 284 cm³/mol. The highest BCUT2D eigenvalue weighted by Gasteiger charge is 2.46. The molecule has 21 heteroatoms. The normalized spacial score (nSPS) is 28.1. The Morgan fingerprint density at radius 2 is 1.48 bits per heavy atom. The van der Waals surface area contributed by atoms with E-state index >= 15 is 0 Å². The van der Waals surface area contributed by atoms with Crippen molar-refractivity contribution in [1.29, 1.82) is 0 Å². The van der Waals surface area contributed by atoms with Gasteiger partial charge < -0.3 is 55.2 Å². The second-order valence-corrected chi connectivity index (χ2v) is 22.6. The monoisotopic (exact) mass is 1080 g/mol. The number of hydrogen-bond donors (Lipinski definition) is 5. The number of hydrogen-bond acceptors (Lipinski definition) is 14. The number of carbonyl (C=O) groups is 10. The number of aliphatic hydroxyl groups excluding tert-OH is 2. The number of aliphatic hydroxyl groups is 2. The fourth-order valence-corrected chi connectivity index (χ4v) is 10.4. The topological polar surface area (TPSA) is 279 Å². The molecule has 3 heterocycles. The average molecular weight is 1080 g/mol. The number of benzene rings is 1. The molecule has 1 aromatic carbocycles. The van der Waals surface area contributed by atoms with Gasteiger partial charge in [0.25, 0.3) is 5.91 Å². The first-order valence-corrected chi connectivity index (χ1v) is 27.5. The van der Waals surface area contributed by atoms with E-state index in [0.29, 0.717) is 24.8 Å². The number of fused-ring (bicyclic) bond motifs is 1. The molecule has 0 unspecified atom stereocenters. The first-order chi connectivity index (χ1) is 36.1. The van der Waals surface area contributed by atoms with Crippen LogP contribution in [0, 0.1) is 29.6 Å². The number of nitrogens with zero attached hydrogens (tertiary/aromatic N) is 4. The molecule has 0 spiro atoms. The van der Waals surface area contributed by atoms with Gasteiger partial charge in [-0.1, -0.05) is 92.1 Å². The van der Waals surface area contributed by atoms with Gasteiger partial charge in [-0.2, -0.15) is 0 Å². The summed E-state index contributed by atoms with van der Waals surface area (Å²) in [5, 5.41) is 30.2. The molecule has 77 heavy (non-hydrogen) atoms. The predicted octanol–water partition coefficient (Wildman–Crippen LogP) is 2.31. The molecule has 3 fully saturated rings. The van der Waals surface area contributed by atoms with Crippen LogP contribution in [0.15, 0.2) is 30.3 Å². The maximum atomic E-state index is 15.0. The summed E-state index contributed by atoms with van der Waals surface area (Å²) in [6, 6.07) is 0.00586. The Hall–Kier alpha value is -5.96. The van der Waals surface area contributed by atoms with E-state index in [1.54, 1.807) is 58.0 Å². The minimum Gasteiger partial charge on any atom is -0.458 e. The number of Topliss-reactive ketones (excluding diaryl/α,β-unsaturated/α-hetero) is 1. The van der Waals surface area contributed by atoms with Crippen molar-refractivity contribution in [2.24, 2.45) is 29.6 Å². The van der Waals surface area contributed by atoms with Crippen LogP contribution in [0.5, 0.6) is 0 Å². The number of esters is 2. The van der Waals surface area contributed by atoms with E-state index in [1.165, 1.54) is 54.5 Å². The van der Waals surface area contributed by atoms with Crippen LogP contribution in [0.2, 0.25) is 0 Å². The van der Waals surface area contributed by atoms with Gasteiger partial charge >= 0.3 is 11.9 Å². The first kappa shape index (κ1) is 63.6. The number of ketones is 1. The molecule has 13 atom stereocenters. The number of likely N-dealkylation sites (N-methyl/N-ethyl adjacent to an activating group) is 2. The average Bonchev–Trinajstić information content (AvgIpc) is 4.08. The van der Waals surface area contributed by atoms with Crippen LogP contribution in [-0.4, -0.2) is 183 Å². The molecule has 430 valence electrons. The standard InChI is InChI=1S/C56H87N7O14/c1-14-33(8)45-43(65)29-44(66)77-48(32(6)7)47(67)34(9)49(68)57-38(26-30(2)3)53(72)63-25-19-23-40(63)55(74)61(13)42(28-37-20-16-15-17-21-37)56(75)76-36(11)46(51(70)58-45)59-50(69)41(27-31(4)5)60(12)54(73)39-22-18-24-62(39)52(71)35(10)64/h15-17,20-21,30-36,38-43,45-46,48,64-65H,14,18-19,22-29H2,1-13H3,(H,57,68)(H,58,70)(H,59,69)/t33-,34-,35-,36+,38-,39-,40-,41+,42-,43-,45+,46+,48-/m0/s1. The Balaban J connectivity index is 1.87. The molecule has 0 aromatic heterocycles. The molecule has 3 saturated heterocycles. The number of likely N-dealkylation sites (tertiary alicyclic amines) is 1. The Bertz CT molecular complexity index is 2260. The van der Waals surface area contributed by atoms with Crippen molar-refractivity contribution in [1.82, 2.24) is 35.6 Å². The van der Waals surface area contributed by atoms with E-state index in [-0.39, 0.29) is 57.0 Å². The summed E-state index contributed by atoms with van der Waals surface area (Å²) in [5.74, 6) is -10.6. The molecular weight excluding hydrogens is 995 g/mol. The third-order valence-corrected chi connectivity index (χ3v) is 15.2. The molecule has 0 aliphatic carbocycles. The van der Waals surface area contributed by atoms with Crippen LogP contribution in [0.3, 0.4) is 0 Å². The summed E-state index contributed by atoms with van der Waals surface area (Å²) in [5.41, 5.74) is 0.633. The molecule has 7 amide bonds. The number of carbonyl (C=O) groups excluding carboxylic acids is 10. The van der Waals surface area contributed by atoms with E-state index in [4.69, 9.17) is 9.47 Å². The summed E-state index contributed by atoms with van der Waals surface area (Å²) in [7, 11) is 2.82. The van der Waals surface area contributed by atoms with Crippen LogP contribution in [0.4, 0.5) is 0 Å². The van der Waals surface area contributed by atoms with Gasteiger partial charge in [0, 0.05) is 33.6 Å². The van der Waals surface area contributed by atoms with Gasteiger partial charge in [-0.15, -0.1) is 0 Å². The van der Waals surface area contributed by atoms with Crippen LogP contribution >= 0.6 is 0 Å². The van der Waals surface area contributed by atoms with E-state index < -0.39 is 150 Å². The Morgan fingerprint density at radius 1 is 0.844 bits per heavy atom. The third-order valence-electron chi connectivity index (χ3n) is 15.2. The molecule has 0 bridgehead atoms. The van der Waals surface area contributed by atoms with Crippen LogP contribution < -0.4 is 16.0 Å². The first-order valence-electron chi connectivity index (χ1n) is 27.5. The SMILES string of the molecule is CC[C@H](C)[C@H]1NC(=O)[C@H](NC(=O)[C@@H](CC(C)C)N(C)C(=O)[C@@H]2CCCN2C(=O)[C@H](C)O)[C@@H](C)OC(=O)[C@H](Cc2ccccc2)N(C)C(=O)[C@@H]2CCCN2C(=O)[C@H](CC(C)C)NC(=O)[C@@H](C)C(=O)[C@H](C(C)C)OC(=O)C[C@@H]1O. The molecule has 5 N–H and O–H groups in total. The van der Waals surface area contributed by atoms with Crippen molar-refractivity contribution in [3.63, 3.8) is 0 Å². The zero-order chi connectivity index (χ0) is 57.7. The molecule has 0 radical (unpaired) electrons. The van der Waals surface area contributed by atoms with E-state index in [0.717, 1.165) is 0 Å². The number of ether oxygens (including phenoxy) is 2. The summed E-state index contributed by atoms with van der Waals surface area (Å²) >= 11 is 0. The van der Waals surface area contributed by atoms with Gasteiger partial charge in [-0.3, -0.25) is 43.2 Å². The fraction of sp³-hybridized carbons (Fsp3) is 0.714. The van der Waals surface area contributed by atoms with E-state index in [1.807, 2.05) is 27.7 Å². The van der Waals surface area contributed by atoms with Crippen molar-refractivity contribution < 1.29 is 67.6 Å². The molecule has 0 saturated carbocycles. The molecule has 1 aromatic rings. The zero-order valence-corrected chi connectivity index (χ0v) is 47.5.